The topological polar surface area (TPSA) is 54.7 Å². The van der Waals surface area contributed by atoms with Gasteiger partial charge in [0.25, 0.3) is 0 Å². The van der Waals surface area contributed by atoms with Crippen LogP contribution >= 0.6 is 11.3 Å². The molecule has 0 bridgehead atoms. The van der Waals surface area contributed by atoms with E-state index in [9.17, 15) is 0 Å². The molecule has 56 valence electrons. The first kappa shape index (κ1) is 6.42. The molecule has 0 saturated carbocycles. The highest BCUT2D eigenvalue weighted by Gasteiger charge is 2.04. The van der Waals surface area contributed by atoms with Crippen LogP contribution in [0.4, 0.5) is 5.00 Å². The van der Waals surface area contributed by atoms with Gasteiger partial charge in [0.2, 0.25) is 0 Å². The van der Waals surface area contributed by atoms with Crippen molar-refractivity contribution in [3.8, 4) is 11.3 Å². The number of nitrogens with two attached hydrogens (primary N) is 1. The van der Waals surface area contributed by atoms with Crippen LogP contribution in [-0.4, -0.2) is 9.97 Å². The minimum Gasteiger partial charge on any atom is -0.389 e. The fourth-order valence-electron chi connectivity index (χ4n) is 0.943. The third-order valence-electron chi connectivity index (χ3n) is 1.47. The van der Waals surface area contributed by atoms with Crippen molar-refractivity contribution in [1.82, 2.24) is 9.97 Å². The van der Waals surface area contributed by atoms with E-state index in [2.05, 4.69) is 9.97 Å². The lowest BCUT2D eigenvalue weighted by Gasteiger charge is -1.90. The Morgan fingerprint density at radius 3 is 3.00 bits per heavy atom. The lowest BCUT2D eigenvalue weighted by molar-refractivity contribution is 1.39. The van der Waals surface area contributed by atoms with E-state index >= 15 is 0 Å². The number of thiazole rings is 1. The van der Waals surface area contributed by atoms with E-state index in [1.807, 2.05) is 18.5 Å². The lowest BCUT2D eigenvalue weighted by Crippen LogP contribution is -1.82. The Bertz CT molecular complexity index is 336. The molecule has 3 nitrogen and oxygen atoms in total. The molecule has 0 aliphatic rings. The Labute approximate surface area is 67.9 Å². The molecule has 0 unspecified atom stereocenters. The molecule has 0 radical (unpaired) electrons. The van der Waals surface area contributed by atoms with E-state index in [0.717, 1.165) is 16.3 Å². The lowest BCUT2D eigenvalue weighted by atomic mass is 10.2. The molecule has 0 aliphatic heterocycles. The summed E-state index contributed by atoms with van der Waals surface area (Å²) in [6.07, 6.45) is 3.74. The fraction of sp³-hybridized carbons (Fsp3) is 0. The standard InChI is InChI=1S/C7H7N3S/c8-7-6(10-4-11-7)5-1-2-9-3-5/h1-4,9H,8H2. The Hall–Kier alpha value is -1.29. The van der Waals surface area contributed by atoms with E-state index in [0.29, 0.717) is 0 Å². The molecule has 2 aromatic heterocycles. The molecule has 0 aliphatic carbocycles. The molecule has 0 aromatic carbocycles. The van der Waals surface area contributed by atoms with Crippen LogP contribution in [0.5, 0.6) is 0 Å². The van der Waals surface area contributed by atoms with Gasteiger partial charge in [-0.2, -0.15) is 0 Å². The Kier molecular flexibility index (Phi) is 1.40. The van der Waals surface area contributed by atoms with Crippen LogP contribution in [0.25, 0.3) is 11.3 Å². The second-order valence-electron chi connectivity index (χ2n) is 2.16. The summed E-state index contributed by atoms with van der Waals surface area (Å²) in [5.41, 5.74) is 9.34. The Balaban J connectivity index is 2.53. The molecule has 3 N–H and O–H groups in total. The molecular weight excluding hydrogens is 158 g/mol. The van der Waals surface area contributed by atoms with Crippen molar-refractivity contribution >= 4 is 16.3 Å². The van der Waals surface area contributed by atoms with Gasteiger partial charge in [-0.05, 0) is 6.07 Å². The number of nitrogens with zero attached hydrogens (tertiary/aromatic N) is 1. The first-order valence-corrected chi connectivity index (χ1v) is 4.08. The number of aromatic nitrogens is 2. The van der Waals surface area contributed by atoms with Gasteiger partial charge in [0, 0.05) is 18.0 Å². The van der Waals surface area contributed by atoms with Gasteiger partial charge < -0.3 is 10.7 Å². The average molecular weight is 165 g/mol. The third kappa shape index (κ3) is 1.01. The monoisotopic (exact) mass is 165 g/mol. The van der Waals surface area contributed by atoms with Crippen LogP contribution in [0.3, 0.4) is 0 Å². The second kappa shape index (κ2) is 2.39. The Morgan fingerprint density at radius 2 is 2.45 bits per heavy atom. The van der Waals surface area contributed by atoms with Crippen molar-refractivity contribution < 1.29 is 0 Å². The molecule has 0 spiro atoms. The number of aromatic amines is 1. The maximum atomic E-state index is 5.67. The number of hydrogen-bond donors (Lipinski definition) is 2. The van der Waals surface area contributed by atoms with Gasteiger partial charge in [0.15, 0.2) is 0 Å². The van der Waals surface area contributed by atoms with Gasteiger partial charge in [0.1, 0.15) is 10.7 Å². The average Bonchev–Trinajstić information content (AvgIpc) is 2.55. The van der Waals surface area contributed by atoms with Crippen LogP contribution < -0.4 is 5.73 Å². The van der Waals surface area contributed by atoms with Crippen molar-refractivity contribution in [3.05, 3.63) is 24.0 Å². The molecule has 0 fully saturated rings. The highest BCUT2D eigenvalue weighted by molar-refractivity contribution is 7.14. The summed E-state index contributed by atoms with van der Waals surface area (Å²) < 4.78 is 0. The van der Waals surface area contributed by atoms with Crippen molar-refractivity contribution in [2.75, 3.05) is 5.73 Å². The number of anilines is 1. The third-order valence-corrected chi connectivity index (χ3v) is 2.12. The quantitative estimate of drug-likeness (QED) is 0.676. The molecule has 0 atom stereocenters. The minimum atomic E-state index is 0.768. The fourth-order valence-corrected chi connectivity index (χ4v) is 1.50. The molecule has 2 heterocycles. The minimum absolute atomic E-state index is 0.768. The smallest absolute Gasteiger partial charge is 0.114 e. The maximum Gasteiger partial charge on any atom is 0.114 e. The van der Waals surface area contributed by atoms with Crippen molar-refractivity contribution in [3.63, 3.8) is 0 Å². The van der Waals surface area contributed by atoms with Crippen LogP contribution in [0.1, 0.15) is 0 Å². The summed E-state index contributed by atoms with van der Waals surface area (Å²) in [4.78, 5) is 7.09. The largest absolute Gasteiger partial charge is 0.389 e. The van der Waals surface area contributed by atoms with Gasteiger partial charge in [-0.25, -0.2) is 4.98 Å². The van der Waals surface area contributed by atoms with Crippen molar-refractivity contribution in [1.29, 1.82) is 0 Å². The summed E-state index contributed by atoms with van der Waals surface area (Å²) in [6.45, 7) is 0. The predicted octanol–water partition coefficient (Wildman–Crippen LogP) is 1.72. The molecule has 2 aromatic rings. The van der Waals surface area contributed by atoms with Crippen LogP contribution in [0, 0.1) is 0 Å². The zero-order chi connectivity index (χ0) is 7.68. The van der Waals surface area contributed by atoms with Gasteiger partial charge in [-0.15, -0.1) is 11.3 Å². The zero-order valence-electron chi connectivity index (χ0n) is 5.74. The van der Waals surface area contributed by atoms with Gasteiger partial charge in [-0.3, -0.25) is 0 Å². The second-order valence-corrected chi connectivity index (χ2v) is 3.05. The van der Waals surface area contributed by atoms with E-state index in [4.69, 9.17) is 5.73 Å². The zero-order valence-corrected chi connectivity index (χ0v) is 6.56. The highest BCUT2D eigenvalue weighted by atomic mass is 32.1. The number of rotatable bonds is 1. The molecule has 0 saturated heterocycles. The van der Waals surface area contributed by atoms with Crippen molar-refractivity contribution in [2.45, 2.75) is 0 Å². The van der Waals surface area contributed by atoms with Crippen LogP contribution in [-0.2, 0) is 0 Å². The van der Waals surface area contributed by atoms with Crippen LogP contribution in [0.15, 0.2) is 24.0 Å². The summed E-state index contributed by atoms with van der Waals surface area (Å²) in [7, 11) is 0. The molecule has 4 heteroatoms. The van der Waals surface area contributed by atoms with E-state index in [1.165, 1.54) is 11.3 Å². The van der Waals surface area contributed by atoms with E-state index in [1.54, 1.807) is 5.51 Å². The van der Waals surface area contributed by atoms with Crippen molar-refractivity contribution in [2.24, 2.45) is 0 Å². The maximum absolute atomic E-state index is 5.67. The first-order valence-electron chi connectivity index (χ1n) is 3.20. The number of hydrogen-bond acceptors (Lipinski definition) is 3. The SMILES string of the molecule is Nc1scnc1-c1cc[nH]c1. The van der Waals surface area contributed by atoms with E-state index in [-0.39, 0.29) is 0 Å². The van der Waals surface area contributed by atoms with Gasteiger partial charge in [0.05, 0.1) is 5.51 Å². The van der Waals surface area contributed by atoms with Gasteiger partial charge in [-0.1, -0.05) is 0 Å². The number of H-pyrrole nitrogens is 1. The number of nitrogens with one attached hydrogen (secondary N) is 1. The molecule has 2 rings (SSSR count). The molecule has 0 amide bonds. The summed E-state index contributed by atoms with van der Waals surface area (Å²) >= 11 is 1.46. The molecular formula is C7H7N3S. The summed E-state index contributed by atoms with van der Waals surface area (Å²) in [5.74, 6) is 0. The van der Waals surface area contributed by atoms with Crippen LogP contribution in [0.2, 0.25) is 0 Å². The summed E-state index contributed by atoms with van der Waals surface area (Å²) in [6, 6.07) is 1.95. The predicted molar refractivity (Wildman–Crippen MR) is 46.3 cm³/mol. The van der Waals surface area contributed by atoms with Gasteiger partial charge >= 0.3 is 0 Å². The first-order chi connectivity index (χ1) is 5.38. The van der Waals surface area contributed by atoms with E-state index < -0.39 is 0 Å². The Morgan fingerprint density at radius 1 is 1.55 bits per heavy atom. The highest BCUT2D eigenvalue weighted by Crippen LogP contribution is 2.26. The number of nitrogen functional groups attached to an aromatic ring is 1. The molecule has 11 heavy (non-hydrogen) atoms. The normalized spacial score (nSPS) is 10.2. The summed E-state index contributed by atoms with van der Waals surface area (Å²) in [5, 5.41) is 0.768.